The molecule has 3 heterocycles. The maximum Gasteiger partial charge on any atom is 0.239 e. The number of carbonyl (C=O) groups is 1. The molecule has 2 aromatic heterocycles. The minimum Gasteiger partial charge on any atom is -0.341 e. The van der Waals surface area contributed by atoms with Crippen LogP contribution >= 0.6 is 0 Å². The Balaban J connectivity index is 1.49. The van der Waals surface area contributed by atoms with Crippen LogP contribution in [0.1, 0.15) is 30.3 Å². The number of rotatable bonds is 4. The van der Waals surface area contributed by atoms with Crippen molar-refractivity contribution in [3.05, 3.63) is 41.9 Å². The van der Waals surface area contributed by atoms with Crippen LogP contribution in [-0.2, 0) is 11.8 Å². The lowest BCUT2D eigenvalue weighted by atomic mass is 10.2. The molecule has 0 bridgehead atoms. The number of anilines is 1. The van der Waals surface area contributed by atoms with Crippen LogP contribution in [0.3, 0.4) is 0 Å². The molecule has 0 radical (unpaired) electrons. The molecule has 2 N–H and O–H groups in total. The third kappa shape index (κ3) is 3.15. The lowest BCUT2D eigenvalue weighted by molar-refractivity contribution is -0.117. The first-order valence-electron chi connectivity index (χ1n) is 8.59. The average Bonchev–Trinajstić information content (AvgIpc) is 3.27. The fourth-order valence-electron chi connectivity index (χ4n) is 3.53. The van der Waals surface area contributed by atoms with Crippen LogP contribution in [0.2, 0.25) is 0 Å². The van der Waals surface area contributed by atoms with E-state index in [1.807, 2.05) is 25.4 Å². The number of hydrogen-bond donors (Lipinski definition) is 2. The van der Waals surface area contributed by atoms with Gasteiger partial charge in [-0.05, 0) is 37.9 Å². The summed E-state index contributed by atoms with van der Waals surface area (Å²) < 4.78 is 1.67. The molecule has 1 aliphatic heterocycles. The summed E-state index contributed by atoms with van der Waals surface area (Å²) in [4.78, 5) is 22.8. The van der Waals surface area contributed by atoms with E-state index in [4.69, 9.17) is 4.98 Å². The number of benzene rings is 1. The number of hydrogen-bond acceptors (Lipinski definition) is 4. The molecular formula is C18H22N6O. The number of amides is 1. The topological polar surface area (TPSA) is 78.8 Å². The van der Waals surface area contributed by atoms with Gasteiger partial charge in [-0.25, -0.2) is 4.98 Å². The smallest absolute Gasteiger partial charge is 0.239 e. The molecular weight excluding hydrogens is 316 g/mol. The molecule has 1 saturated heterocycles. The fraction of sp³-hybridized carbons (Fsp3) is 0.389. The van der Waals surface area contributed by atoms with Gasteiger partial charge in [-0.15, -0.1) is 0 Å². The zero-order valence-corrected chi connectivity index (χ0v) is 14.5. The van der Waals surface area contributed by atoms with E-state index in [1.54, 1.807) is 10.7 Å². The molecule has 0 spiro atoms. The Morgan fingerprint density at radius 1 is 1.40 bits per heavy atom. The van der Waals surface area contributed by atoms with Crippen molar-refractivity contribution in [3.63, 3.8) is 0 Å². The van der Waals surface area contributed by atoms with E-state index < -0.39 is 0 Å². The van der Waals surface area contributed by atoms with Crippen LogP contribution in [0.25, 0.3) is 11.0 Å². The van der Waals surface area contributed by atoms with Crippen LogP contribution in [-0.4, -0.2) is 43.6 Å². The first-order valence-corrected chi connectivity index (χ1v) is 8.59. The number of nitrogens with one attached hydrogen (secondary N) is 2. The van der Waals surface area contributed by atoms with Crippen molar-refractivity contribution in [2.45, 2.75) is 25.8 Å². The third-order valence-electron chi connectivity index (χ3n) is 4.74. The molecule has 0 aliphatic carbocycles. The molecule has 1 atom stereocenters. The summed E-state index contributed by atoms with van der Waals surface area (Å²) in [5.74, 6) is 1.49. The highest BCUT2D eigenvalue weighted by Crippen LogP contribution is 2.31. The van der Waals surface area contributed by atoms with Gasteiger partial charge in [0.1, 0.15) is 5.82 Å². The van der Waals surface area contributed by atoms with Gasteiger partial charge in [0.05, 0.1) is 23.6 Å². The minimum atomic E-state index is -0.0436. The van der Waals surface area contributed by atoms with E-state index in [2.05, 4.69) is 33.3 Å². The van der Waals surface area contributed by atoms with E-state index in [0.717, 1.165) is 41.8 Å². The van der Waals surface area contributed by atoms with Crippen LogP contribution in [0, 0.1) is 6.92 Å². The van der Waals surface area contributed by atoms with Crippen molar-refractivity contribution in [2.75, 3.05) is 18.4 Å². The van der Waals surface area contributed by atoms with Gasteiger partial charge in [0.2, 0.25) is 5.91 Å². The second-order valence-electron chi connectivity index (χ2n) is 6.64. The van der Waals surface area contributed by atoms with Crippen LogP contribution in [0.15, 0.2) is 30.5 Å². The lowest BCUT2D eigenvalue weighted by Gasteiger charge is -2.21. The number of para-hydroxylation sites is 1. The summed E-state index contributed by atoms with van der Waals surface area (Å²) in [6.07, 6.45) is 3.89. The number of aromatic nitrogens is 4. The zero-order valence-electron chi connectivity index (χ0n) is 14.5. The number of imidazole rings is 1. The molecule has 7 heteroatoms. The number of aromatic amines is 1. The number of likely N-dealkylation sites (tertiary alicyclic amines) is 1. The largest absolute Gasteiger partial charge is 0.341 e. The fourth-order valence-corrected chi connectivity index (χ4v) is 3.53. The molecule has 1 aliphatic rings. The Bertz CT molecular complexity index is 911. The monoisotopic (exact) mass is 338 g/mol. The summed E-state index contributed by atoms with van der Waals surface area (Å²) in [7, 11) is 1.83. The molecule has 25 heavy (non-hydrogen) atoms. The van der Waals surface area contributed by atoms with E-state index >= 15 is 0 Å². The van der Waals surface area contributed by atoms with Crippen molar-refractivity contribution >= 4 is 22.8 Å². The number of carbonyl (C=O) groups excluding carboxylic acids is 1. The van der Waals surface area contributed by atoms with Gasteiger partial charge in [0.25, 0.3) is 0 Å². The van der Waals surface area contributed by atoms with Crippen LogP contribution in [0.5, 0.6) is 0 Å². The van der Waals surface area contributed by atoms with Gasteiger partial charge < -0.3 is 10.3 Å². The van der Waals surface area contributed by atoms with E-state index in [0.29, 0.717) is 12.4 Å². The molecule has 1 fully saturated rings. The number of fused-ring (bicyclic) bond motifs is 1. The Morgan fingerprint density at radius 3 is 3.04 bits per heavy atom. The third-order valence-corrected chi connectivity index (χ3v) is 4.74. The molecule has 1 amide bonds. The Morgan fingerprint density at radius 2 is 2.28 bits per heavy atom. The molecule has 4 rings (SSSR count). The van der Waals surface area contributed by atoms with E-state index in [9.17, 15) is 4.79 Å². The second-order valence-corrected chi connectivity index (χ2v) is 6.64. The van der Waals surface area contributed by atoms with Gasteiger partial charge >= 0.3 is 0 Å². The van der Waals surface area contributed by atoms with Gasteiger partial charge in [-0.3, -0.25) is 14.4 Å². The van der Waals surface area contributed by atoms with Crippen LogP contribution < -0.4 is 5.32 Å². The summed E-state index contributed by atoms with van der Waals surface area (Å²) in [5.41, 5.74) is 3.24. The van der Waals surface area contributed by atoms with Crippen molar-refractivity contribution in [1.29, 1.82) is 0 Å². The summed E-state index contributed by atoms with van der Waals surface area (Å²) in [5, 5.41) is 7.04. The van der Waals surface area contributed by atoms with E-state index in [1.165, 1.54) is 0 Å². The van der Waals surface area contributed by atoms with Crippen molar-refractivity contribution in [1.82, 2.24) is 24.6 Å². The zero-order chi connectivity index (χ0) is 17.4. The maximum atomic E-state index is 12.3. The molecule has 1 aromatic carbocycles. The van der Waals surface area contributed by atoms with Gasteiger partial charge in [0, 0.05) is 19.3 Å². The first kappa shape index (κ1) is 15.8. The minimum absolute atomic E-state index is 0.0436. The number of H-pyrrole nitrogens is 1. The Kier molecular flexibility index (Phi) is 4.01. The predicted molar refractivity (Wildman–Crippen MR) is 96.2 cm³/mol. The standard InChI is InChI=1S/C18H22N6O/c1-12-5-3-6-13-17(12)21-18(19-13)14-7-4-9-24(14)11-16(25)20-15-8-10-23(2)22-15/h3,5-6,8,10,14H,4,7,9,11H2,1-2H3,(H,19,21)(H,20,22,25)/t14-/m1/s1. The van der Waals surface area contributed by atoms with Crippen LogP contribution in [0.4, 0.5) is 5.82 Å². The maximum absolute atomic E-state index is 12.3. The summed E-state index contributed by atoms with van der Waals surface area (Å²) in [6, 6.07) is 8.10. The Hall–Kier alpha value is -2.67. The summed E-state index contributed by atoms with van der Waals surface area (Å²) >= 11 is 0. The van der Waals surface area contributed by atoms with Crippen molar-refractivity contribution in [2.24, 2.45) is 7.05 Å². The summed E-state index contributed by atoms with van der Waals surface area (Å²) in [6.45, 7) is 3.31. The number of nitrogens with zero attached hydrogens (tertiary/aromatic N) is 4. The van der Waals surface area contributed by atoms with Gasteiger partial charge in [0.15, 0.2) is 5.82 Å². The molecule has 7 nitrogen and oxygen atoms in total. The highest BCUT2D eigenvalue weighted by Gasteiger charge is 2.30. The normalized spacial score (nSPS) is 18.1. The second kappa shape index (κ2) is 6.33. The van der Waals surface area contributed by atoms with E-state index in [-0.39, 0.29) is 11.9 Å². The van der Waals surface area contributed by atoms with Gasteiger partial charge in [-0.2, -0.15) is 5.10 Å². The Labute approximate surface area is 146 Å². The number of aryl methyl sites for hydroxylation is 2. The average molecular weight is 338 g/mol. The molecule has 130 valence electrons. The lowest BCUT2D eigenvalue weighted by Crippen LogP contribution is -2.33. The van der Waals surface area contributed by atoms with Gasteiger partial charge in [-0.1, -0.05) is 12.1 Å². The first-order chi connectivity index (χ1) is 12.1. The van der Waals surface area contributed by atoms with Crippen molar-refractivity contribution in [3.8, 4) is 0 Å². The molecule has 0 unspecified atom stereocenters. The SMILES string of the molecule is Cc1cccc2[nH]c([C@H]3CCCN3CC(=O)Nc3ccn(C)n3)nc12. The highest BCUT2D eigenvalue weighted by atomic mass is 16.2. The quantitative estimate of drug-likeness (QED) is 0.765. The molecule has 0 saturated carbocycles. The highest BCUT2D eigenvalue weighted by molar-refractivity contribution is 5.91. The predicted octanol–water partition coefficient (Wildman–Crippen LogP) is 2.38. The van der Waals surface area contributed by atoms with Crippen molar-refractivity contribution < 1.29 is 4.79 Å². The molecule has 3 aromatic rings.